The summed E-state index contributed by atoms with van der Waals surface area (Å²) in [5.74, 6) is 0. The molecule has 0 aromatic heterocycles. The molecule has 0 radical (unpaired) electrons. The Kier molecular flexibility index (Phi) is 5.42. The maximum absolute atomic E-state index is 5.78. The third-order valence-electron chi connectivity index (χ3n) is 3.96. The standard InChI is InChI=1S/C14H31N3/c1-6-12(2)17-11-14(3,4)10-16(5)9-13(17)7-8-15/h12-13H,6-11,15H2,1-5H3. The van der Waals surface area contributed by atoms with Crippen molar-refractivity contribution in [1.82, 2.24) is 9.80 Å². The Morgan fingerprint density at radius 3 is 2.53 bits per heavy atom. The second-order valence-electron chi connectivity index (χ2n) is 6.52. The van der Waals surface area contributed by atoms with Gasteiger partial charge in [0.15, 0.2) is 0 Å². The highest BCUT2D eigenvalue weighted by atomic mass is 15.3. The molecular formula is C14H31N3. The molecule has 1 fully saturated rings. The van der Waals surface area contributed by atoms with Gasteiger partial charge in [0.1, 0.15) is 0 Å². The van der Waals surface area contributed by atoms with Crippen LogP contribution < -0.4 is 5.73 Å². The van der Waals surface area contributed by atoms with Gasteiger partial charge in [0, 0.05) is 31.7 Å². The minimum atomic E-state index is 0.377. The van der Waals surface area contributed by atoms with Crippen molar-refractivity contribution in [2.75, 3.05) is 33.2 Å². The van der Waals surface area contributed by atoms with E-state index in [1.807, 2.05) is 0 Å². The van der Waals surface area contributed by atoms with Gasteiger partial charge >= 0.3 is 0 Å². The van der Waals surface area contributed by atoms with Crippen LogP contribution in [-0.2, 0) is 0 Å². The summed E-state index contributed by atoms with van der Waals surface area (Å²) in [4.78, 5) is 5.17. The van der Waals surface area contributed by atoms with Crippen LogP contribution in [0.15, 0.2) is 0 Å². The van der Waals surface area contributed by atoms with Crippen LogP contribution in [0.3, 0.4) is 0 Å². The van der Waals surface area contributed by atoms with Crippen LogP contribution in [0.5, 0.6) is 0 Å². The predicted molar refractivity (Wildman–Crippen MR) is 75.2 cm³/mol. The Morgan fingerprint density at radius 1 is 1.35 bits per heavy atom. The van der Waals surface area contributed by atoms with E-state index in [2.05, 4.69) is 44.5 Å². The molecule has 2 unspecified atom stereocenters. The fraction of sp³-hybridized carbons (Fsp3) is 1.00. The monoisotopic (exact) mass is 241 g/mol. The third-order valence-corrected chi connectivity index (χ3v) is 3.96. The average Bonchev–Trinajstić information content (AvgIpc) is 2.33. The zero-order valence-corrected chi connectivity index (χ0v) is 12.4. The van der Waals surface area contributed by atoms with Crippen LogP contribution in [0.1, 0.15) is 40.5 Å². The lowest BCUT2D eigenvalue weighted by Gasteiger charge is -2.38. The summed E-state index contributed by atoms with van der Waals surface area (Å²) < 4.78 is 0. The number of nitrogens with zero attached hydrogens (tertiary/aromatic N) is 2. The maximum Gasteiger partial charge on any atom is 0.0238 e. The van der Waals surface area contributed by atoms with E-state index in [0.717, 1.165) is 19.5 Å². The highest BCUT2D eigenvalue weighted by molar-refractivity contribution is 4.89. The largest absolute Gasteiger partial charge is 0.330 e. The zero-order chi connectivity index (χ0) is 13.1. The van der Waals surface area contributed by atoms with Gasteiger partial charge in [-0.3, -0.25) is 4.90 Å². The molecule has 1 heterocycles. The lowest BCUT2D eigenvalue weighted by molar-refractivity contribution is 0.105. The van der Waals surface area contributed by atoms with Crippen molar-refractivity contribution < 1.29 is 0 Å². The van der Waals surface area contributed by atoms with Gasteiger partial charge in [0.05, 0.1) is 0 Å². The van der Waals surface area contributed by atoms with E-state index in [4.69, 9.17) is 5.73 Å². The molecule has 1 aliphatic rings. The molecule has 1 saturated heterocycles. The van der Waals surface area contributed by atoms with E-state index < -0.39 is 0 Å². The molecule has 1 rings (SSSR count). The summed E-state index contributed by atoms with van der Waals surface area (Å²) in [6.45, 7) is 13.7. The van der Waals surface area contributed by atoms with Crippen LogP contribution in [0.4, 0.5) is 0 Å². The van der Waals surface area contributed by atoms with Crippen molar-refractivity contribution in [3.05, 3.63) is 0 Å². The lowest BCUT2D eigenvalue weighted by Crippen LogP contribution is -2.47. The highest BCUT2D eigenvalue weighted by Crippen LogP contribution is 2.27. The molecular weight excluding hydrogens is 210 g/mol. The van der Waals surface area contributed by atoms with E-state index >= 15 is 0 Å². The highest BCUT2D eigenvalue weighted by Gasteiger charge is 2.34. The number of rotatable bonds is 4. The molecule has 0 amide bonds. The smallest absolute Gasteiger partial charge is 0.0238 e. The Morgan fingerprint density at radius 2 is 2.00 bits per heavy atom. The van der Waals surface area contributed by atoms with Crippen molar-refractivity contribution in [2.24, 2.45) is 11.1 Å². The Bertz CT molecular complexity index is 228. The normalized spacial score (nSPS) is 28.9. The molecule has 2 atom stereocenters. The van der Waals surface area contributed by atoms with Gasteiger partial charge in [-0.25, -0.2) is 0 Å². The first-order valence-electron chi connectivity index (χ1n) is 7.04. The van der Waals surface area contributed by atoms with Crippen molar-refractivity contribution in [1.29, 1.82) is 0 Å². The maximum atomic E-state index is 5.78. The summed E-state index contributed by atoms with van der Waals surface area (Å²) >= 11 is 0. The quantitative estimate of drug-likeness (QED) is 0.814. The van der Waals surface area contributed by atoms with E-state index in [9.17, 15) is 0 Å². The Hall–Kier alpha value is -0.120. The minimum absolute atomic E-state index is 0.377. The molecule has 0 aromatic carbocycles. The molecule has 17 heavy (non-hydrogen) atoms. The van der Waals surface area contributed by atoms with Crippen LogP contribution in [0, 0.1) is 5.41 Å². The molecule has 2 N–H and O–H groups in total. The van der Waals surface area contributed by atoms with Gasteiger partial charge in [-0.1, -0.05) is 20.8 Å². The first-order chi connectivity index (χ1) is 7.89. The van der Waals surface area contributed by atoms with Crippen molar-refractivity contribution in [2.45, 2.75) is 52.6 Å². The third kappa shape index (κ3) is 4.23. The van der Waals surface area contributed by atoms with Gasteiger partial charge in [-0.2, -0.15) is 0 Å². The van der Waals surface area contributed by atoms with Gasteiger partial charge in [0.2, 0.25) is 0 Å². The second-order valence-corrected chi connectivity index (χ2v) is 6.52. The Labute approximate surface area is 107 Å². The van der Waals surface area contributed by atoms with Gasteiger partial charge in [-0.15, -0.1) is 0 Å². The first-order valence-corrected chi connectivity index (χ1v) is 7.04. The van der Waals surface area contributed by atoms with Crippen molar-refractivity contribution in [3.8, 4) is 0 Å². The zero-order valence-electron chi connectivity index (χ0n) is 12.4. The lowest BCUT2D eigenvalue weighted by atomic mass is 9.92. The van der Waals surface area contributed by atoms with E-state index in [1.54, 1.807) is 0 Å². The van der Waals surface area contributed by atoms with E-state index in [0.29, 0.717) is 17.5 Å². The summed E-state index contributed by atoms with van der Waals surface area (Å²) in [6, 6.07) is 1.29. The number of nitrogens with two attached hydrogens (primary N) is 1. The molecule has 1 aliphatic heterocycles. The van der Waals surface area contributed by atoms with Gasteiger partial charge in [0.25, 0.3) is 0 Å². The summed E-state index contributed by atoms with van der Waals surface area (Å²) in [6.07, 6.45) is 2.34. The molecule has 102 valence electrons. The number of likely N-dealkylation sites (N-methyl/N-ethyl adjacent to an activating group) is 1. The molecule has 3 nitrogen and oxygen atoms in total. The van der Waals surface area contributed by atoms with Crippen LogP contribution in [0.2, 0.25) is 0 Å². The van der Waals surface area contributed by atoms with Gasteiger partial charge < -0.3 is 10.6 Å². The van der Waals surface area contributed by atoms with E-state index in [1.165, 1.54) is 19.5 Å². The molecule has 0 bridgehead atoms. The Balaban J connectivity index is 2.84. The van der Waals surface area contributed by atoms with Crippen LogP contribution >= 0.6 is 0 Å². The van der Waals surface area contributed by atoms with E-state index in [-0.39, 0.29) is 0 Å². The first kappa shape index (κ1) is 14.9. The van der Waals surface area contributed by atoms with Gasteiger partial charge in [-0.05, 0) is 38.8 Å². The fourth-order valence-electron chi connectivity index (χ4n) is 3.13. The van der Waals surface area contributed by atoms with Crippen molar-refractivity contribution >= 4 is 0 Å². The molecule has 0 saturated carbocycles. The van der Waals surface area contributed by atoms with Crippen molar-refractivity contribution in [3.63, 3.8) is 0 Å². The summed E-state index contributed by atoms with van der Waals surface area (Å²) in [7, 11) is 2.24. The SMILES string of the molecule is CCC(C)N1CC(C)(C)CN(C)CC1CCN. The number of hydrogen-bond donors (Lipinski definition) is 1. The molecule has 3 heteroatoms. The second kappa shape index (κ2) is 6.17. The summed E-state index contributed by atoms with van der Waals surface area (Å²) in [5, 5.41) is 0. The van der Waals surface area contributed by atoms with Crippen LogP contribution in [0.25, 0.3) is 0 Å². The molecule has 0 aromatic rings. The molecule has 0 spiro atoms. The average molecular weight is 241 g/mol. The fourth-order valence-corrected chi connectivity index (χ4v) is 3.13. The molecule has 0 aliphatic carbocycles. The summed E-state index contributed by atoms with van der Waals surface area (Å²) in [5.41, 5.74) is 6.16. The topological polar surface area (TPSA) is 32.5 Å². The van der Waals surface area contributed by atoms with Crippen LogP contribution in [-0.4, -0.2) is 55.1 Å². The number of hydrogen-bond acceptors (Lipinski definition) is 3. The predicted octanol–water partition coefficient (Wildman–Crippen LogP) is 1.78. The minimum Gasteiger partial charge on any atom is -0.330 e.